The van der Waals surface area contributed by atoms with Gasteiger partial charge in [-0.2, -0.15) is 0 Å². The number of hydrogen-bond donors (Lipinski definition) is 0. The molecule has 0 unspecified atom stereocenters. The number of benzene rings is 2. The lowest BCUT2D eigenvalue weighted by molar-refractivity contribution is 0.437. The molecule has 0 radical (unpaired) electrons. The number of hydrogen-bond acceptors (Lipinski definition) is 3. The van der Waals surface area contributed by atoms with Gasteiger partial charge in [0.25, 0.3) is 0 Å². The Morgan fingerprint density at radius 1 is 0.880 bits per heavy atom. The van der Waals surface area contributed by atoms with Crippen molar-refractivity contribution in [1.82, 2.24) is 4.90 Å². The fourth-order valence-electron chi connectivity index (χ4n) is 2.44. The summed E-state index contributed by atoms with van der Waals surface area (Å²) in [5.41, 5.74) is 2.80. The van der Waals surface area contributed by atoms with E-state index in [1.165, 1.54) is 34.6 Å². The fraction of sp³-hybridized carbons (Fsp3) is 0.429. The Morgan fingerprint density at radius 2 is 1.52 bits per heavy atom. The van der Waals surface area contributed by atoms with Gasteiger partial charge in [-0.1, -0.05) is 55.8 Å². The zero-order chi connectivity index (χ0) is 17.2. The lowest BCUT2D eigenvalue weighted by atomic mass is 10.0. The van der Waals surface area contributed by atoms with Crippen LogP contribution in [-0.4, -0.2) is 37.0 Å². The minimum absolute atomic E-state index is 0. The van der Waals surface area contributed by atoms with Crippen LogP contribution in [0.1, 0.15) is 36.1 Å². The van der Waals surface area contributed by atoms with E-state index < -0.39 is 0 Å². The Kier molecular flexibility index (Phi) is 11.4. The largest absolute Gasteiger partial charge is 0.309 e. The fourth-order valence-corrected chi connectivity index (χ4v) is 4.84. The van der Waals surface area contributed by atoms with Crippen molar-refractivity contribution in [2.45, 2.75) is 29.9 Å². The molecule has 25 heavy (non-hydrogen) atoms. The summed E-state index contributed by atoms with van der Waals surface area (Å²) >= 11 is 4.00. The third-order valence-electron chi connectivity index (χ3n) is 3.87. The zero-order valence-corrected chi connectivity index (χ0v) is 17.9. The molecule has 0 aliphatic heterocycles. The highest BCUT2D eigenvalue weighted by atomic mass is 35.5. The Morgan fingerprint density at radius 3 is 2.12 bits per heavy atom. The molecule has 0 aliphatic rings. The average molecular weight is 396 g/mol. The van der Waals surface area contributed by atoms with Gasteiger partial charge in [0.1, 0.15) is 0 Å². The Balaban J connectivity index is 0.00000312. The summed E-state index contributed by atoms with van der Waals surface area (Å²) in [6, 6.07) is 20.1. The molecule has 2 aromatic carbocycles. The maximum Gasteiger partial charge on any atom is 0.0547 e. The topological polar surface area (TPSA) is 3.24 Å². The molecular weight excluding hydrogens is 366 g/mol. The quantitative estimate of drug-likeness (QED) is 0.339. The molecule has 0 heterocycles. The Bertz CT molecular complexity index is 572. The van der Waals surface area contributed by atoms with Gasteiger partial charge in [0.15, 0.2) is 0 Å². The molecule has 2 aromatic rings. The van der Waals surface area contributed by atoms with E-state index in [0.29, 0.717) is 5.25 Å². The average Bonchev–Trinajstić information content (AvgIpc) is 2.60. The van der Waals surface area contributed by atoms with Crippen molar-refractivity contribution in [2.24, 2.45) is 0 Å². The molecule has 2 rings (SSSR count). The maximum atomic E-state index is 2.31. The highest BCUT2D eigenvalue weighted by Crippen LogP contribution is 2.36. The van der Waals surface area contributed by atoms with Crippen LogP contribution in [0.5, 0.6) is 0 Å². The summed E-state index contributed by atoms with van der Waals surface area (Å²) in [7, 11) is 4.28. The van der Waals surface area contributed by atoms with Crippen molar-refractivity contribution in [3.05, 3.63) is 65.7 Å². The van der Waals surface area contributed by atoms with E-state index in [2.05, 4.69) is 80.5 Å². The summed E-state index contributed by atoms with van der Waals surface area (Å²) in [6.45, 7) is 3.36. The van der Waals surface area contributed by atoms with Crippen molar-refractivity contribution >= 4 is 35.9 Å². The number of nitrogens with zero attached hydrogens (tertiary/aromatic N) is 1. The van der Waals surface area contributed by atoms with E-state index in [0.717, 1.165) is 12.3 Å². The normalized spacial score (nSPS) is 12.0. The molecule has 0 saturated carbocycles. The zero-order valence-electron chi connectivity index (χ0n) is 15.5. The van der Waals surface area contributed by atoms with E-state index in [1.807, 2.05) is 23.5 Å². The monoisotopic (exact) mass is 395 g/mol. The van der Waals surface area contributed by atoms with E-state index in [9.17, 15) is 0 Å². The standard InChI is InChI=1S/C21H29NS2.ClH/c1-4-5-16-23-20-13-11-19(12-14-20)21(24-17-15-22(2)3)18-9-7-6-8-10-18;/h6-14,21H,4-5,15-17H2,1-3H3;1H/t21-;/m0./s1. The molecule has 0 N–H and O–H groups in total. The van der Waals surface area contributed by atoms with Crippen LogP contribution in [0.15, 0.2) is 59.5 Å². The van der Waals surface area contributed by atoms with Crippen LogP contribution in [0.25, 0.3) is 0 Å². The van der Waals surface area contributed by atoms with Gasteiger partial charge in [-0.3, -0.25) is 0 Å². The van der Waals surface area contributed by atoms with Crippen LogP contribution in [0.3, 0.4) is 0 Å². The van der Waals surface area contributed by atoms with E-state index in [4.69, 9.17) is 0 Å². The van der Waals surface area contributed by atoms with Gasteiger partial charge in [-0.05, 0) is 49.5 Å². The van der Waals surface area contributed by atoms with Crippen LogP contribution in [-0.2, 0) is 0 Å². The van der Waals surface area contributed by atoms with E-state index >= 15 is 0 Å². The summed E-state index contributed by atoms with van der Waals surface area (Å²) in [5, 5.41) is 0.417. The lowest BCUT2D eigenvalue weighted by Gasteiger charge is -2.19. The minimum atomic E-state index is 0. The highest BCUT2D eigenvalue weighted by molar-refractivity contribution is 7.99. The van der Waals surface area contributed by atoms with Crippen LogP contribution in [0, 0.1) is 0 Å². The van der Waals surface area contributed by atoms with E-state index in [1.54, 1.807) is 0 Å². The van der Waals surface area contributed by atoms with Crippen molar-refractivity contribution < 1.29 is 0 Å². The summed E-state index contributed by atoms with van der Waals surface area (Å²) in [5.74, 6) is 2.36. The van der Waals surface area contributed by atoms with Crippen LogP contribution in [0.2, 0.25) is 0 Å². The molecule has 138 valence electrons. The first-order chi connectivity index (χ1) is 11.7. The second kappa shape index (κ2) is 12.7. The molecule has 0 bridgehead atoms. The van der Waals surface area contributed by atoms with Crippen molar-refractivity contribution in [2.75, 3.05) is 32.1 Å². The van der Waals surface area contributed by atoms with Crippen molar-refractivity contribution in [3.63, 3.8) is 0 Å². The number of thioether (sulfide) groups is 2. The predicted octanol–water partition coefficient (Wildman–Crippen LogP) is 6.38. The second-order valence-electron chi connectivity index (χ2n) is 6.24. The summed E-state index contributed by atoms with van der Waals surface area (Å²) in [6.07, 6.45) is 2.56. The summed E-state index contributed by atoms with van der Waals surface area (Å²) in [4.78, 5) is 3.64. The highest BCUT2D eigenvalue weighted by Gasteiger charge is 2.14. The van der Waals surface area contributed by atoms with Gasteiger partial charge in [-0.25, -0.2) is 0 Å². The van der Waals surface area contributed by atoms with Crippen molar-refractivity contribution in [3.8, 4) is 0 Å². The molecule has 1 nitrogen and oxygen atoms in total. The van der Waals surface area contributed by atoms with Gasteiger partial charge in [0.05, 0.1) is 5.25 Å². The third-order valence-corrected chi connectivity index (χ3v) is 6.27. The molecule has 0 aromatic heterocycles. The van der Waals surface area contributed by atoms with Gasteiger partial charge in [-0.15, -0.1) is 35.9 Å². The molecule has 0 amide bonds. The number of unbranched alkanes of at least 4 members (excludes halogenated alkanes) is 1. The van der Waals surface area contributed by atoms with Crippen LogP contribution in [0.4, 0.5) is 0 Å². The molecule has 0 spiro atoms. The molecule has 0 aliphatic carbocycles. The third kappa shape index (κ3) is 8.08. The van der Waals surface area contributed by atoms with Crippen molar-refractivity contribution in [1.29, 1.82) is 0 Å². The van der Waals surface area contributed by atoms with Gasteiger partial charge < -0.3 is 4.90 Å². The SMILES string of the molecule is CCCCSc1ccc([C@@H](SCCN(C)C)c2ccccc2)cc1.Cl. The molecule has 4 heteroatoms. The number of halogens is 1. The lowest BCUT2D eigenvalue weighted by Crippen LogP contribution is -2.15. The Hall–Kier alpha value is -0.610. The second-order valence-corrected chi connectivity index (χ2v) is 8.62. The molecule has 0 saturated heterocycles. The molecule has 0 fully saturated rings. The first-order valence-electron chi connectivity index (χ1n) is 8.74. The smallest absolute Gasteiger partial charge is 0.0547 e. The Labute approximate surface area is 168 Å². The minimum Gasteiger partial charge on any atom is -0.309 e. The van der Waals surface area contributed by atoms with Gasteiger partial charge in [0.2, 0.25) is 0 Å². The number of rotatable bonds is 10. The summed E-state index contributed by atoms with van der Waals surface area (Å²) < 4.78 is 0. The first kappa shape index (κ1) is 22.4. The predicted molar refractivity (Wildman–Crippen MR) is 119 cm³/mol. The van der Waals surface area contributed by atoms with Gasteiger partial charge in [0, 0.05) is 17.2 Å². The van der Waals surface area contributed by atoms with E-state index in [-0.39, 0.29) is 12.4 Å². The molecule has 1 atom stereocenters. The van der Waals surface area contributed by atoms with Gasteiger partial charge >= 0.3 is 0 Å². The molecular formula is C21H30ClNS2. The maximum absolute atomic E-state index is 2.31. The van der Waals surface area contributed by atoms with Crippen LogP contribution >= 0.6 is 35.9 Å². The van der Waals surface area contributed by atoms with Crippen LogP contribution < -0.4 is 0 Å². The first-order valence-corrected chi connectivity index (χ1v) is 10.8.